The van der Waals surface area contributed by atoms with E-state index in [0.29, 0.717) is 30.6 Å². The third-order valence-corrected chi connectivity index (χ3v) is 3.17. The second-order valence-electron chi connectivity index (χ2n) is 4.06. The fraction of sp³-hybridized carbons (Fsp3) is 0.385. The van der Waals surface area contributed by atoms with Gasteiger partial charge in [0.05, 0.1) is 18.8 Å². The van der Waals surface area contributed by atoms with Crippen LogP contribution in [-0.4, -0.2) is 5.76 Å². The second kappa shape index (κ2) is 6.77. The molecular formula is C13H15F2NO2S. The molecule has 2 aromatic rings. The van der Waals surface area contributed by atoms with E-state index in [1.165, 1.54) is 0 Å². The zero-order chi connectivity index (χ0) is 13.7. The molecule has 0 saturated heterocycles. The smallest absolute Gasteiger partial charge is 0.284 e. The van der Waals surface area contributed by atoms with Crippen molar-refractivity contribution in [1.82, 2.24) is 5.32 Å². The van der Waals surface area contributed by atoms with Gasteiger partial charge in [0.2, 0.25) is 0 Å². The number of aryl methyl sites for hydroxylation is 1. The molecule has 3 nitrogen and oxygen atoms in total. The minimum absolute atomic E-state index is 0.190. The van der Waals surface area contributed by atoms with Crippen molar-refractivity contribution in [1.29, 1.82) is 0 Å². The molecule has 0 aliphatic carbocycles. The summed E-state index contributed by atoms with van der Waals surface area (Å²) in [6.07, 6.45) is 0. The van der Waals surface area contributed by atoms with Crippen LogP contribution in [-0.2, 0) is 18.8 Å². The molecule has 1 N–H and O–H groups in total. The summed E-state index contributed by atoms with van der Waals surface area (Å²) in [5.41, 5.74) is 0. The van der Waals surface area contributed by atoms with Gasteiger partial charge in [0, 0.05) is 0 Å². The molecule has 0 spiro atoms. The predicted octanol–water partition coefficient (Wildman–Crippen LogP) is 3.93. The molecule has 0 atom stereocenters. The molecule has 2 heterocycles. The summed E-state index contributed by atoms with van der Waals surface area (Å²) in [7, 11) is 0. The van der Waals surface area contributed by atoms with Gasteiger partial charge in [-0.25, -0.2) is 0 Å². The number of furan rings is 2. The van der Waals surface area contributed by atoms with E-state index in [4.69, 9.17) is 8.83 Å². The Morgan fingerprint density at radius 2 is 1.68 bits per heavy atom. The molecule has 6 heteroatoms. The number of hydrogen-bond donors (Lipinski definition) is 1. The Balaban J connectivity index is 1.74. The maximum atomic E-state index is 12.0. The molecular weight excluding hydrogens is 272 g/mol. The van der Waals surface area contributed by atoms with Gasteiger partial charge in [-0.15, -0.1) is 0 Å². The van der Waals surface area contributed by atoms with Crippen molar-refractivity contribution < 1.29 is 17.6 Å². The number of hydrogen-bond acceptors (Lipinski definition) is 4. The lowest BCUT2D eigenvalue weighted by Gasteiger charge is -2.00. The molecule has 0 amide bonds. The van der Waals surface area contributed by atoms with Gasteiger partial charge >= 0.3 is 0 Å². The van der Waals surface area contributed by atoms with Crippen LogP contribution in [0.2, 0.25) is 0 Å². The molecule has 0 aliphatic rings. The summed E-state index contributed by atoms with van der Waals surface area (Å²) >= 11 is 0.559. The first-order chi connectivity index (χ1) is 9.13. The van der Waals surface area contributed by atoms with E-state index in [2.05, 4.69) is 5.32 Å². The van der Waals surface area contributed by atoms with Gasteiger partial charge in [-0.3, -0.25) is 0 Å². The number of nitrogens with one attached hydrogen (secondary N) is 1. The Kier molecular flexibility index (Phi) is 5.04. The number of halogens is 2. The van der Waals surface area contributed by atoms with E-state index in [1.807, 2.05) is 19.1 Å². The van der Waals surface area contributed by atoms with Gasteiger partial charge in [0.1, 0.15) is 23.0 Å². The summed E-state index contributed by atoms with van der Waals surface area (Å²) in [5.74, 6) is 0.853. The normalized spacial score (nSPS) is 11.4. The Hall–Kier alpha value is -1.27. The first kappa shape index (κ1) is 14.1. The zero-order valence-electron chi connectivity index (χ0n) is 10.5. The highest BCUT2D eigenvalue weighted by Crippen LogP contribution is 2.21. The molecule has 0 radical (unpaired) electrons. The first-order valence-corrected chi connectivity index (χ1v) is 6.92. The van der Waals surface area contributed by atoms with Crippen LogP contribution in [0, 0.1) is 6.92 Å². The lowest BCUT2D eigenvalue weighted by Crippen LogP contribution is -2.11. The van der Waals surface area contributed by atoms with Crippen LogP contribution >= 0.6 is 11.8 Å². The zero-order valence-corrected chi connectivity index (χ0v) is 11.3. The van der Waals surface area contributed by atoms with Crippen molar-refractivity contribution in [3.63, 3.8) is 0 Å². The van der Waals surface area contributed by atoms with Crippen molar-refractivity contribution in [2.75, 3.05) is 0 Å². The van der Waals surface area contributed by atoms with Crippen LogP contribution in [0.5, 0.6) is 0 Å². The quantitative estimate of drug-likeness (QED) is 0.837. The third kappa shape index (κ3) is 4.72. The lowest BCUT2D eigenvalue weighted by atomic mass is 10.4. The average molecular weight is 287 g/mol. The van der Waals surface area contributed by atoms with Crippen LogP contribution in [0.15, 0.2) is 33.1 Å². The molecule has 2 rings (SSSR count). The molecule has 0 aromatic carbocycles. The van der Waals surface area contributed by atoms with Crippen LogP contribution in [0.3, 0.4) is 0 Å². The number of rotatable bonds is 7. The topological polar surface area (TPSA) is 38.3 Å². The number of alkyl halides is 2. The largest absolute Gasteiger partial charge is 0.465 e. The van der Waals surface area contributed by atoms with Gasteiger partial charge in [-0.05, 0) is 31.2 Å². The first-order valence-electron chi connectivity index (χ1n) is 5.87. The molecule has 0 unspecified atom stereocenters. The van der Waals surface area contributed by atoms with Gasteiger partial charge in [0.15, 0.2) is 0 Å². The Morgan fingerprint density at radius 1 is 1.05 bits per heavy atom. The Bertz CT molecular complexity index is 510. The molecule has 104 valence electrons. The maximum Gasteiger partial charge on any atom is 0.284 e. The fourth-order valence-corrected chi connectivity index (χ4v) is 2.07. The monoisotopic (exact) mass is 287 g/mol. The SMILES string of the molecule is Cc1ccc(CNCc2ccc(CSC(F)F)o2)o1. The second-order valence-corrected chi connectivity index (χ2v) is 5.03. The average Bonchev–Trinajstić information content (AvgIpc) is 2.96. The van der Waals surface area contributed by atoms with E-state index in [0.717, 1.165) is 17.3 Å². The highest BCUT2D eigenvalue weighted by Gasteiger charge is 2.07. The lowest BCUT2D eigenvalue weighted by molar-refractivity contribution is 0.251. The van der Waals surface area contributed by atoms with Crippen molar-refractivity contribution in [2.45, 2.75) is 31.5 Å². The number of thioether (sulfide) groups is 1. The summed E-state index contributed by atoms with van der Waals surface area (Å²) in [6, 6.07) is 7.34. The van der Waals surface area contributed by atoms with E-state index in [-0.39, 0.29) is 5.75 Å². The third-order valence-electron chi connectivity index (χ3n) is 2.46. The van der Waals surface area contributed by atoms with Crippen LogP contribution in [0.4, 0.5) is 8.78 Å². The maximum absolute atomic E-state index is 12.0. The highest BCUT2D eigenvalue weighted by molar-refractivity contribution is 7.98. The summed E-state index contributed by atoms with van der Waals surface area (Å²) < 4.78 is 34.9. The molecule has 19 heavy (non-hydrogen) atoms. The molecule has 0 saturated carbocycles. The summed E-state index contributed by atoms with van der Waals surface area (Å²) in [5, 5.41) is 3.17. The van der Waals surface area contributed by atoms with Crippen LogP contribution in [0.1, 0.15) is 23.0 Å². The Labute approximate surface area is 114 Å². The summed E-state index contributed by atoms with van der Waals surface area (Å²) in [6.45, 7) is 3.04. The van der Waals surface area contributed by atoms with Crippen LogP contribution in [0.25, 0.3) is 0 Å². The predicted molar refractivity (Wildman–Crippen MR) is 70.0 cm³/mol. The van der Waals surface area contributed by atoms with E-state index >= 15 is 0 Å². The Morgan fingerprint density at radius 3 is 2.32 bits per heavy atom. The fourth-order valence-electron chi connectivity index (χ4n) is 1.63. The van der Waals surface area contributed by atoms with E-state index in [1.54, 1.807) is 12.1 Å². The molecule has 0 fully saturated rings. The molecule has 0 bridgehead atoms. The van der Waals surface area contributed by atoms with Crippen molar-refractivity contribution >= 4 is 11.8 Å². The van der Waals surface area contributed by atoms with E-state index in [9.17, 15) is 8.78 Å². The van der Waals surface area contributed by atoms with Crippen molar-refractivity contribution in [2.24, 2.45) is 0 Å². The van der Waals surface area contributed by atoms with Gasteiger partial charge in [-0.2, -0.15) is 8.78 Å². The summed E-state index contributed by atoms with van der Waals surface area (Å²) in [4.78, 5) is 0. The van der Waals surface area contributed by atoms with Crippen LogP contribution < -0.4 is 5.32 Å². The van der Waals surface area contributed by atoms with Gasteiger partial charge < -0.3 is 14.2 Å². The minimum atomic E-state index is -2.37. The van der Waals surface area contributed by atoms with Gasteiger partial charge in [0.25, 0.3) is 5.76 Å². The minimum Gasteiger partial charge on any atom is -0.465 e. The van der Waals surface area contributed by atoms with Gasteiger partial charge in [-0.1, -0.05) is 11.8 Å². The molecule has 0 aliphatic heterocycles. The highest BCUT2D eigenvalue weighted by atomic mass is 32.2. The van der Waals surface area contributed by atoms with Crippen molar-refractivity contribution in [3.05, 3.63) is 47.3 Å². The standard InChI is InChI=1S/C13H15F2NO2S/c1-9-2-3-10(17-9)6-16-7-11-4-5-12(18-11)8-19-13(14)15/h2-5,13,16H,6-8H2,1H3. The van der Waals surface area contributed by atoms with E-state index < -0.39 is 5.76 Å². The molecule has 2 aromatic heterocycles. The van der Waals surface area contributed by atoms with Crippen molar-refractivity contribution in [3.8, 4) is 0 Å².